The standard InChI is InChI=1S/C20H22N4O5S2/c1-12-3-8-15-16(9-12)22-20(21-15)17(23-30(2,26)27)10-13-4-6-14(7-5-13)18-11-19(25)24-31(18,28)29/h3-9,17-18,23H,10-11H2,1-2H3,(H,21,22)(H,24,25)/t17-,18?/m0/s1. The molecule has 0 radical (unpaired) electrons. The Kier molecular flexibility index (Phi) is 5.36. The third-order valence-corrected chi connectivity index (χ3v) is 7.55. The highest BCUT2D eigenvalue weighted by Gasteiger charge is 2.37. The Balaban J connectivity index is 1.62. The zero-order chi connectivity index (χ0) is 22.4. The number of sulfonamides is 2. The lowest BCUT2D eigenvalue weighted by Crippen LogP contribution is -2.29. The second-order valence-electron chi connectivity index (χ2n) is 7.79. The quantitative estimate of drug-likeness (QED) is 0.509. The van der Waals surface area contributed by atoms with E-state index in [-0.39, 0.29) is 6.42 Å². The van der Waals surface area contributed by atoms with Crippen molar-refractivity contribution >= 4 is 37.0 Å². The highest BCUT2D eigenvalue weighted by atomic mass is 32.2. The van der Waals surface area contributed by atoms with Crippen LogP contribution in [0, 0.1) is 6.92 Å². The van der Waals surface area contributed by atoms with E-state index in [1.807, 2.05) is 29.8 Å². The normalized spacial score (nSPS) is 19.4. The van der Waals surface area contributed by atoms with Gasteiger partial charge in [0.2, 0.25) is 26.0 Å². The maximum Gasteiger partial charge on any atom is 0.242 e. The first-order valence-electron chi connectivity index (χ1n) is 9.57. The number of nitrogens with zero attached hydrogens (tertiary/aromatic N) is 1. The van der Waals surface area contributed by atoms with Gasteiger partial charge in [-0.05, 0) is 42.2 Å². The van der Waals surface area contributed by atoms with Crippen LogP contribution in [0.1, 0.15) is 40.2 Å². The summed E-state index contributed by atoms with van der Waals surface area (Å²) in [7, 11) is -7.23. The van der Waals surface area contributed by atoms with E-state index in [0.29, 0.717) is 17.8 Å². The summed E-state index contributed by atoms with van der Waals surface area (Å²) in [5.41, 5.74) is 3.90. The molecule has 1 fully saturated rings. The SMILES string of the molecule is Cc1ccc2nc([C@H](Cc3ccc(C4CC(=O)NS4(=O)=O)cc3)NS(C)(=O)=O)[nH]c2c1. The number of aromatic nitrogens is 2. The first kappa shape index (κ1) is 21.5. The summed E-state index contributed by atoms with van der Waals surface area (Å²) in [6.07, 6.45) is 1.28. The molecule has 3 N–H and O–H groups in total. The number of hydrogen-bond donors (Lipinski definition) is 3. The average molecular weight is 463 g/mol. The molecule has 11 heteroatoms. The molecule has 0 saturated carbocycles. The monoisotopic (exact) mass is 462 g/mol. The van der Waals surface area contributed by atoms with Gasteiger partial charge in [0.1, 0.15) is 11.1 Å². The van der Waals surface area contributed by atoms with E-state index in [9.17, 15) is 21.6 Å². The number of aromatic amines is 1. The number of hydrogen-bond acceptors (Lipinski definition) is 6. The van der Waals surface area contributed by atoms with Gasteiger partial charge in [-0.2, -0.15) is 0 Å². The fourth-order valence-corrected chi connectivity index (χ4v) is 5.85. The van der Waals surface area contributed by atoms with Crippen molar-refractivity contribution in [2.45, 2.75) is 31.1 Å². The maximum absolute atomic E-state index is 12.1. The summed E-state index contributed by atoms with van der Waals surface area (Å²) in [6.45, 7) is 1.96. The van der Waals surface area contributed by atoms with Gasteiger partial charge < -0.3 is 4.98 Å². The Labute approximate surface area is 180 Å². The number of benzene rings is 2. The second-order valence-corrected chi connectivity index (χ2v) is 11.4. The molecule has 2 aromatic carbocycles. The minimum absolute atomic E-state index is 0.113. The molecule has 3 aromatic rings. The van der Waals surface area contributed by atoms with Crippen LogP contribution in [0.25, 0.3) is 11.0 Å². The Morgan fingerprint density at radius 1 is 1.19 bits per heavy atom. The molecule has 4 rings (SSSR count). The van der Waals surface area contributed by atoms with Gasteiger partial charge in [0.15, 0.2) is 0 Å². The molecule has 1 unspecified atom stereocenters. The zero-order valence-electron chi connectivity index (χ0n) is 16.9. The van der Waals surface area contributed by atoms with Gasteiger partial charge in [-0.3, -0.25) is 9.52 Å². The van der Waals surface area contributed by atoms with E-state index in [1.54, 1.807) is 24.3 Å². The van der Waals surface area contributed by atoms with Gasteiger partial charge in [-0.15, -0.1) is 0 Å². The molecule has 2 heterocycles. The molecule has 164 valence electrons. The summed E-state index contributed by atoms with van der Waals surface area (Å²) >= 11 is 0. The van der Waals surface area contributed by atoms with Crippen molar-refractivity contribution in [3.8, 4) is 0 Å². The van der Waals surface area contributed by atoms with E-state index >= 15 is 0 Å². The number of imidazole rings is 1. The number of carbonyl (C=O) groups excluding carboxylic acids is 1. The maximum atomic E-state index is 12.1. The zero-order valence-corrected chi connectivity index (χ0v) is 18.5. The molecule has 1 aliphatic heterocycles. The molecule has 2 atom stereocenters. The largest absolute Gasteiger partial charge is 0.341 e. The minimum atomic E-state index is -3.72. The van der Waals surface area contributed by atoms with Crippen molar-refractivity contribution in [3.05, 3.63) is 65.0 Å². The van der Waals surface area contributed by atoms with E-state index in [0.717, 1.165) is 28.4 Å². The van der Waals surface area contributed by atoms with Crippen LogP contribution in [0.2, 0.25) is 0 Å². The van der Waals surface area contributed by atoms with Crippen molar-refractivity contribution < 1.29 is 21.6 Å². The number of rotatable bonds is 6. The van der Waals surface area contributed by atoms with E-state index < -0.39 is 37.2 Å². The summed E-state index contributed by atoms with van der Waals surface area (Å²) in [5, 5.41) is -0.919. The van der Waals surface area contributed by atoms with Gasteiger partial charge in [-0.25, -0.2) is 26.5 Å². The van der Waals surface area contributed by atoms with Crippen LogP contribution >= 0.6 is 0 Å². The molecule has 9 nitrogen and oxygen atoms in total. The lowest BCUT2D eigenvalue weighted by molar-refractivity contribution is -0.118. The fourth-order valence-electron chi connectivity index (χ4n) is 3.71. The van der Waals surface area contributed by atoms with Gasteiger partial charge in [0.25, 0.3) is 0 Å². The third-order valence-electron chi connectivity index (χ3n) is 5.13. The number of amides is 1. The number of aryl methyl sites for hydroxylation is 1. The molecule has 1 amide bonds. The van der Waals surface area contributed by atoms with Crippen LogP contribution in [0.15, 0.2) is 42.5 Å². The Bertz CT molecular complexity index is 1360. The molecular formula is C20H22N4O5S2. The average Bonchev–Trinajstić information content (AvgIpc) is 3.19. The van der Waals surface area contributed by atoms with Crippen molar-refractivity contribution in [2.75, 3.05) is 6.26 Å². The summed E-state index contributed by atoms with van der Waals surface area (Å²) in [6, 6.07) is 11.9. The molecule has 1 saturated heterocycles. The van der Waals surface area contributed by atoms with Crippen LogP contribution in [0.3, 0.4) is 0 Å². The molecule has 1 aromatic heterocycles. The van der Waals surface area contributed by atoms with Crippen molar-refractivity contribution in [1.29, 1.82) is 0 Å². The van der Waals surface area contributed by atoms with Crippen molar-refractivity contribution in [3.63, 3.8) is 0 Å². The Morgan fingerprint density at radius 2 is 1.90 bits per heavy atom. The number of carbonyl (C=O) groups is 1. The summed E-state index contributed by atoms with van der Waals surface area (Å²) in [4.78, 5) is 19.2. The molecular weight excluding hydrogens is 440 g/mol. The number of H-pyrrole nitrogens is 1. The van der Waals surface area contributed by atoms with Crippen LogP contribution in [-0.4, -0.2) is 39.0 Å². The van der Waals surface area contributed by atoms with Crippen LogP contribution in [0.5, 0.6) is 0 Å². The van der Waals surface area contributed by atoms with Crippen molar-refractivity contribution in [1.82, 2.24) is 19.4 Å². The number of fused-ring (bicyclic) bond motifs is 1. The van der Waals surface area contributed by atoms with Crippen LogP contribution < -0.4 is 9.44 Å². The lowest BCUT2D eigenvalue weighted by atomic mass is 10.0. The molecule has 0 spiro atoms. The fraction of sp³-hybridized carbons (Fsp3) is 0.300. The van der Waals surface area contributed by atoms with Crippen molar-refractivity contribution in [2.24, 2.45) is 0 Å². The van der Waals surface area contributed by atoms with Gasteiger partial charge >= 0.3 is 0 Å². The topological polar surface area (TPSA) is 138 Å². The van der Waals surface area contributed by atoms with Crippen LogP contribution in [-0.2, 0) is 31.3 Å². The van der Waals surface area contributed by atoms with Gasteiger partial charge in [-0.1, -0.05) is 30.3 Å². The highest BCUT2D eigenvalue weighted by molar-refractivity contribution is 7.90. The molecule has 0 bridgehead atoms. The first-order valence-corrected chi connectivity index (χ1v) is 13.0. The Hall–Kier alpha value is -2.76. The van der Waals surface area contributed by atoms with E-state index in [1.165, 1.54) is 0 Å². The molecule has 31 heavy (non-hydrogen) atoms. The first-order chi connectivity index (χ1) is 14.5. The predicted octanol–water partition coefficient (Wildman–Crippen LogP) is 1.60. The lowest BCUT2D eigenvalue weighted by Gasteiger charge is -2.16. The number of nitrogens with one attached hydrogen (secondary N) is 3. The highest BCUT2D eigenvalue weighted by Crippen LogP contribution is 2.30. The van der Waals surface area contributed by atoms with E-state index in [4.69, 9.17) is 0 Å². The van der Waals surface area contributed by atoms with Crippen LogP contribution in [0.4, 0.5) is 0 Å². The second kappa shape index (κ2) is 7.74. The minimum Gasteiger partial charge on any atom is -0.341 e. The predicted molar refractivity (Wildman–Crippen MR) is 116 cm³/mol. The summed E-state index contributed by atoms with van der Waals surface area (Å²) in [5.74, 6) is -0.0325. The van der Waals surface area contributed by atoms with Gasteiger partial charge in [0, 0.05) is 0 Å². The van der Waals surface area contributed by atoms with E-state index in [2.05, 4.69) is 14.7 Å². The molecule has 0 aliphatic carbocycles. The molecule has 1 aliphatic rings. The third kappa shape index (κ3) is 4.78. The Morgan fingerprint density at radius 3 is 2.52 bits per heavy atom. The summed E-state index contributed by atoms with van der Waals surface area (Å²) < 4.78 is 52.6. The smallest absolute Gasteiger partial charge is 0.242 e. The van der Waals surface area contributed by atoms with Gasteiger partial charge in [0.05, 0.1) is 29.8 Å².